The van der Waals surface area contributed by atoms with E-state index in [4.69, 9.17) is 10.5 Å². The minimum absolute atomic E-state index is 0.209. The number of amidine groups is 1. The molecule has 3 rings (SSSR count). The van der Waals surface area contributed by atoms with E-state index in [-0.39, 0.29) is 18.0 Å². The molecule has 0 radical (unpaired) electrons. The number of fused-ring (bicyclic) bond motifs is 1. The molecule has 3 aliphatic heterocycles. The molecule has 0 saturated carbocycles. The first-order valence-corrected chi connectivity index (χ1v) is 6.79. The Bertz CT molecular complexity index is 337. The summed E-state index contributed by atoms with van der Waals surface area (Å²) >= 11 is 1.53. The fraction of sp³-hybridized carbons (Fsp3) is 0.900. The van der Waals surface area contributed by atoms with Crippen LogP contribution < -0.4 is 5.73 Å². The quantitative estimate of drug-likeness (QED) is 0.535. The number of aliphatic hydroxyl groups excluding tert-OH is 2. The van der Waals surface area contributed by atoms with Crippen LogP contribution in [0.15, 0.2) is 4.99 Å². The van der Waals surface area contributed by atoms with Crippen LogP contribution in [0.4, 0.5) is 0 Å². The van der Waals surface area contributed by atoms with Crippen LogP contribution in [-0.2, 0) is 4.74 Å². The van der Waals surface area contributed by atoms with Gasteiger partial charge in [-0.2, -0.15) is 0 Å². The lowest BCUT2D eigenvalue weighted by Crippen LogP contribution is -2.56. The summed E-state index contributed by atoms with van der Waals surface area (Å²) in [6.07, 6.45) is -1.13. The molecule has 3 heterocycles. The zero-order valence-electron chi connectivity index (χ0n) is 9.40. The molecular weight excluding hydrogens is 242 g/mol. The molecule has 7 heteroatoms. The molecule has 0 aromatic carbocycles. The van der Waals surface area contributed by atoms with Crippen molar-refractivity contribution in [2.24, 2.45) is 10.7 Å². The number of rotatable bonds is 1. The zero-order chi connectivity index (χ0) is 12.0. The molecule has 6 nitrogen and oxygen atoms in total. The number of likely N-dealkylation sites (tertiary alicyclic amines) is 1. The van der Waals surface area contributed by atoms with Gasteiger partial charge in [0.25, 0.3) is 0 Å². The summed E-state index contributed by atoms with van der Waals surface area (Å²) in [5.74, 6) is 0. The third-order valence-electron chi connectivity index (χ3n) is 3.51. The van der Waals surface area contributed by atoms with Crippen LogP contribution in [0.1, 0.15) is 6.42 Å². The lowest BCUT2D eigenvalue weighted by Gasteiger charge is -2.37. The van der Waals surface area contributed by atoms with Gasteiger partial charge in [-0.05, 0) is 6.42 Å². The summed E-state index contributed by atoms with van der Waals surface area (Å²) in [6.45, 7) is 2.25. The van der Waals surface area contributed by atoms with Crippen LogP contribution in [0.5, 0.6) is 0 Å². The molecule has 0 amide bonds. The van der Waals surface area contributed by atoms with Crippen molar-refractivity contribution in [3.63, 3.8) is 0 Å². The Kier molecular flexibility index (Phi) is 3.04. The fourth-order valence-electron chi connectivity index (χ4n) is 2.27. The SMILES string of the molecule is NC[C@H]1O[C@@H]2SC(N3CCC3)=N[C@@H]2[C@@H](O)[C@@H]1O. The summed E-state index contributed by atoms with van der Waals surface area (Å²) in [4.78, 5) is 6.63. The van der Waals surface area contributed by atoms with Gasteiger partial charge in [0.1, 0.15) is 23.7 Å². The summed E-state index contributed by atoms with van der Waals surface area (Å²) in [5.41, 5.74) is 5.31. The number of ether oxygens (including phenoxy) is 1. The average molecular weight is 259 g/mol. The van der Waals surface area contributed by atoms with E-state index in [9.17, 15) is 10.2 Å². The fourth-order valence-corrected chi connectivity index (χ4v) is 3.55. The van der Waals surface area contributed by atoms with Crippen LogP contribution in [-0.4, -0.2) is 69.7 Å². The van der Waals surface area contributed by atoms with Crippen LogP contribution in [0.3, 0.4) is 0 Å². The third kappa shape index (κ3) is 1.86. The lowest BCUT2D eigenvalue weighted by atomic mass is 9.98. The Balaban J connectivity index is 1.74. The summed E-state index contributed by atoms with van der Waals surface area (Å²) in [7, 11) is 0. The molecule has 2 fully saturated rings. The molecule has 17 heavy (non-hydrogen) atoms. The first-order valence-electron chi connectivity index (χ1n) is 5.92. The maximum atomic E-state index is 10.0. The van der Waals surface area contributed by atoms with E-state index >= 15 is 0 Å². The maximum absolute atomic E-state index is 10.0. The molecule has 5 atom stereocenters. The monoisotopic (exact) mass is 259 g/mol. The van der Waals surface area contributed by atoms with Gasteiger partial charge in [-0.3, -0.25) is 4.99 Å². The van der Waals surface area contributed by atoms with Gasteiger partial charge >= 0.3 is 0 Å². The van der Waals surface area contributed by atoms with E-state index in [1.54, 1.807) is 0 Å². The highest BCUT2D eigenvalue weighted by Gasteiger charge is 2.48. The van der Waals surface area contributed by atoms with E-state index in [0.29, 0.717) is 0 Å². The van der Waals surface area contributed by atoms with Crippen molar-refractivity contribution in [1.29, 1.82) is 0 Å². The van der Waals surface area contributed by atoms with E-state index in [1.165, 1.54) is 18.2 Å². The summed E-state index contributed by atoms with van der Waals surface area (Å²) in [6, 6.07) is -0.367. The van der Waals surface area contributed by atoms with Crippen molar-refractivity contribution in [2.75, 3.05) is 19.6 Å². The van der Waals surface area contributed by atoms with Gasteiger partial charge in [-0.15, -0.1) is 0 Å². The van der Waals surface area contributed by atoms with Gasteiger partial charge in [-0.1, -0.05) is 11.8 Å². The molecule has 0 unspecified atom stereocenters. The van der Waals surface area contributed by atoms with Gasteiger partial charge in [0, 0.05) is 19.6 Å². The predicted molar refractivity (Wildman–Crippen MR) is 64.7 cm³/mol. The van der Waals surface area contributed by atoms with E-state index < -0.39 is 18.3 Å². The second-order valence-electron chi connectivity index (χ2n) is 4.62. The smallest absolute Gasteiger partial charge is 0.162 e. The molecule has 0 bridgehead atoms. The van der Waals surface area contributed by atoms with Gasteiger partial charge < -0.3 is 25.6 Å². The standard InChI is InChI=1S/C10H17N3O3S/c11-4-5-7(14)8(15)6-9(16-5)17-10(12-6)13-2-1-3-13/h5-9,14-15H,1-4,11H2/t5-,6-,7-,8-,9-/m1/s1. The number of aliphatic imine (C=N–C) groups is 1. The van der Waals surface area contributed by atoms with Crippen LogP contribution >= 0.6 is 11.8 Å². The van der Waals surface area contributed by atoms with Crippen molar-refractivity contribution in [3.8, 4) is 0 Å². The third-order valence-corrected chi connectivity index (χ3v) is 4.71. The first kappa shape index (κ1) is 11.7. The van der Waals surface area contributed by atoms with Crippen molar-refractivity contribution in [1.82, 2.24) is 4.90 Å². The van der Waals surface area contributed by atoms with Crippen LogP contribution in [0, 0.1) is 0 Å². The maximum Gasteiger partial charge on any atom is 0.162 e. The molecule has 0 aliphatic carbocycles. The zero-order valence-corrected chi connectivity index (χ0v) is 10.2. The van der Waals surface area contributed by atoms with Crippen molar-refractivity contribution >= 4 is 16.9 Å². The van der Waals surface area contributed by atoms with E-state index in [1.807, 2.05) is 0 Å². The highest BCUT2D eigenvalue weighted by atomic mass is 32.2. The largest absolute Gasteiger partial charge is 0.388 e. The highest BCUT2D eigenvalue weighted by molar-refractivity contribution is 8.14. The van der Waals surface area contributed by atoms with Crippen molar-refractivity contribution in [2.45, 2.75) is 36.2 Å². The normalized spacial score (nSPS) is 45.2. The molecule has 96 valence electrons. The Morgan fingerprint density at radius 2 is 2.18 bits per heavy atom. The molecule has 0 spiro atoms. The second kappa shape index (κ2) is 4.40. The number of aliphatic hydroxyl groups is 2. The molecular formula is C10H17N3O3S. The molecule has 2 saturated heterocycles. The Hall–Kier alpha value is -0.340. The van der Waals surface area contributed by atoms with Crippen LogP contribution in [0.25, 0.3) is 0 Å². The minimum atomic E-state index is -0.943. The second-order valence-corrected chi connectivity index (χ2v) is 5.69. The van der Waals surface area contributed by atoms with E-state index in [2.05, 4.69) is 9.89 Å². The van der Waals surface area contributed by atoms with Gasteiger partial charge in [0.2, 0.25) is 0 Å². The minimum Gasteiger partial charge on any atom is -0.388 e. The van der Waals surface area contributed by atoms with Crippen molar-refractivity contribution < 1.29 is 14.9 Å². The Morgan fingerprint density at radius 3 is 2.76 bits per heavy atom. The summed E-state index contributed by atoms with van der Waals surface area (Å²) < 4.78 is 5.68. The number of nitrogens with two attached hydrogens (primary N) is 1. The van der Waals surface area contributed by atoms with Gasteiger partial charge in [0.15, 0.2) is 5.17 Å². The molecule has 3 aliphatic rings. The Labute approximate surface area is 104 Å². The number of thioether (sulfide) groups is 1. The number of hydrogen-bond acceptors (Lipinski definition) is 7. The topological polar surface area (TPSA) is 91.3 Å². The average Bonchev–Trinajstić information content (AvgIpc) is 2.64. The number of nitrogens with zero attached hydrogens (tertiary/aromatic N) is 2. The van der Waals surface area contributed by atoms with E-state index in [0.717, 1.165) is 18.3 Å². The van der Waals surface area contributed by atoms with Crippen LogP contribution in [0.2, 0.25) is 0 Å². The number of hydrogen-bond donors (Lipinski definition) is 3. The predicted octanol–water partition coefficient (Wildman–Crippen LogP) is -1.43. The first-order chi connectivity index (χ1) is 8.20. The molecule has 4 N–H and O–H groups in total. The van der Waals surface area contributed by atoms with Gasteiger partial charge in [0.05, 0.1) is 6.10 Å². The molecule has 0 aromatic rings. The highest BCUT2D eigenvalue weighted by Crippen LogP contribution is 2.38. The lowest BCUT2D eigenvalue weighted by molar-refractivity contribution is -0.148. The van der Waals surface area contributed by atoms with Gasteiger partial charge in [-0.25, -0.2) is 0 Å². The van der Waals surface area contributed by atoms with Crippen molar-refractivity contribution in [3.05, 3.63) is 0 Å². The molecule has 0 aromatic heterocycles. The Morgan fingerprint density at radius 1 is 1.41 bits per heavy atom. The summed E-state index contributed by atoms with van der Waals surface area (Å²) in [5, 5.41) is 20.8.